The van der Waals surface area contributed by atoms with Crippen molar-refractivity contribution in [2.24, 2.45) is 0 Å². The zero-order valence-electron chi connectivity index (χ0n) is 13.0. The van der Waals surface area contributed by atoms with Crippen LogP contribution in [0.1, 0.15) is 33.1 Å². The van der Waals surface area contributed by atoms with Gasteiger partial charge in [0.05, 0.1) is 6.61 Å². The maximum Gasteiger partial charge on any atom is 0.344 e. The summed E-state index contributed by atoms with van der Waals surface area (Å²) in [5.41, 5.74) is 0. The third-order valence-electron chi connectivity index (χ3n) is 3.46. The first-order chi connectivity index (χ1) is 10.6. The Kier molecular flexibility index (Phi) is 5.64. The Morgan fingerprint density at radius 2 is 1.77 bits per heavy atom. The zero-order chi connectivity index (χ0) is 15.9. The fraction of sp³-hybridized carbons (Fsp3) is 0.389. The number of rotatable bonds is 8. The second-order valence-electron chi connectivity index (χ2n) is 5.32. The van der Waals surface area contributed by atoms with Crippen LogP contribution >= 0.6 is 0 Å². The van der Waals surface area contributed by atoms with Crippen LogP contribution in [0.2, 0.25) is 0 Å². The Morgan fingerprint density at radius 3 is 2.45 bits per heavy atom. The number of aliphatic carboxylic acids is 1. The number of carboxylic acid groups (broad SMARTS) is 1. The topological polar surface area (TPSA) is 55.8 Å². The van der Waals surface area contributed by atoms with Crippen LogP contribution in [0.15, 0.2) is 36.4 Å². The molecular formula is C18H22O4. The Balaban J connectivity index is 2.10. The Bertz CT molecular complexity index is 636. The average molecular weight is 302 g/mol. The van der Waals surface area contributed by atoms with Crippen molar-refractivity contribution >= 4 is 16.7 Å². The minimum Gasteiger partial charge on any atom is -0.494 e. The molecule has 1 atom stereocenters. The van der Waals surface area contributed by atoms with Gasteiger partial charge in [-0.3, -0.25) is 0 Å². The van der Waals surface area contributed by atoms with E-state index in [2.05, 4.69) is 6.92 Å². The molecule has 0 bridgehead atoms. The van der Waals surface area contributed by atoms with Crippen LogP contribution < -0.4 is 9.47 Å². The molecule has 22 heavy (non-hydrogen) atoms. The number of ether oxygens (including phenoxy) is 2. The first kappa shape index (κ1) is 16.1. The molecule has 0 aliphatic heterocycles. The highest BCUT2D eigenvalue weighted by Crippen LogP contribution is 2.25. The molecule has 0 aliphatic rings. The Labute approximate surface area is 130 Å². The lowest BCUT2D eigenvalue weighted by Crippen LogP contribution is -2.22. The van der Waals surface area contributed by atoms with E-state index in [-0.39, 0.29) is 0 Å². The van der Waals surface area contributed by atoms with Gasteiger partial charge in [0.25, 0.3) is 0 Å². The molecule has 0 aliphatic carbocycles. The lowest BCUT2D eigenvalue weighted by molar-refractivity contribution is -0.144. The number of hydrogen-bond acceptors (Lipinski definition) is 3. The summed E-state index contributed by atoms with van der Waals surface area (Å²) < 4.78 is 11.1. The lowest BCUT2D eigenvalue weighted by Gasteiger charge is -2.12. The molecule has 0 heterocycles. The van der Waals surface area contributed by atoms with E-state index in [0.29, 0.717) is 12.4 Å². The zero-order valence-corrected chi connectivity index (χ0v) is 13.0. The van der Waals surface area contributed by atoms with E-state index in [4.69, 9.17) is 14.6 Å². The number of benzene rings is 2. The number of unbranched alkanes of at least 4 members (excludes halogenated alkanes) is 2. The number of carboxylic acids is 1. The molecule has 118 valence electrons. The predicted molar refractivity (Wildman–Crippen MR) is 86.7 cm³/mol. The molecule has 2 rings (SSSR count). The summed E-state index contributed by atoms with van der Waals surface area (Å²) in [6.07, 6.45) is 2.52. The van der Waals surface area contributed by atoms with E-state index >= 15 is 0 Å². The maximum absolute atomic E-state index is 10.8. The SMILES string of the molecule is CCCCCOc1ccc2ccc(O[C@H](C)C(=O)O)cc2c1. The summed E-state index contributed by atoms with van der Waals surface area (Å²) in [7, 11) is 0. The van der Waals surface area contributed by atoms with Crippen molar-refractivity contribution in [3.63, 3.8) is 0 Å². The molecule has 0 saturated heterocycles. The van der Waals surface area contributed by atoms with E-state index in [1.165, 1.54) is 19.8 Å². The number of fused-ring (bicyclic) bond motifs is 1. The van der Waals surface area contributed by atoms with Crippen LogP contribution in [0.25, 0.3) is 10.8 Å². The van der Waals surface area contributed by atoms with Crippen LogP contribution in [0.5, 0.6) is 11.5 Å². The Morgan fingerprint density at radius 1 is 1.09 bits per heavy atom. The molecule has 0 spiro atoms. The minimum absolute atomic E-state index is 0.547. The predicted octanol–water partition coefficient (Wildman–Crippen LogP) is 4.26. The van der Waals surface area contributed by atoms with Crippen LogP contribution in [0.3, 0.4) is 0 Å². The minimum atomic E-state index is -0.979. The molecule has 4 heteroatoms. The van der Waals surface area contributed by atoms with Gasteiger partial charge in [0.15, 0.2) is 6.10 Å². The molecule has 0 amide bonds. The van der Waals surface area contributed by atoms with Gasteiger partial charge in [0.1, 0.15) is 11.5 Å². The van der Waals surface area contributed by atoms with Gasteiger partial charge in [0.2, 0.25) is 0 Å². The molecule has 0 aromatic heterocycles. The van der Waals surface area contributed by atoms with Crippen molar-refractivity contribution < 1.29 is 19.4 Å². The van der Waals surface area contributed by atoms with Gasteiger partial charge >= 0.3 is 5.97 Å². The largest absolute Gasteiger partial charge is 0.494 e. The summed E-state index contributed by atoms with van der Waals surface area (Å²) >= 11 is 0. The highest BCUT2D eigenvalue weighted by atomic mass is 16.5. The molecule has 2 aromatic rings. The van der Waals surface area contributed by atoms with E-state index < -0.39 is 12.1 Å². The second-order valence-corrected chi connectivity index (χ2v) is 5.32. The quantitative estimate of drug-likeness (QED) is 0.740. The van der Waals surface area contributed by atoms with Gasteiger partial charge in [-0.25, -0.2) is 4.79 Å². The summed E-state index contributed by atoms with van der Waals surface area (Å²) in [5, 5.41) is 10.9. The van der Waals surface area contributed by atoms with Crippen LogP contribution in [-0.2, 0) is 4.79 Å². The van der Waals surface area contributed by atoms with Crippen LogP contribution in [0.4, 0.5) is 0 Å². The normalized spacial score (nSPS) is 12.1. The molecule has 1 N–H and O–H groups in total. The van der Waals surface area contributed by atoms with Gasteiger partial charge in [-0.2, -0.15) is 0 Å². The smallest absolute Gasteiger partial charge is 0.344 e. The molecule has 0 fully saturated rings. The molecule has 4 nitrogen and oxygen atoms in total. The molecule has 2 aromatic carbocycles. The van der Waals surface area contributed by atoms with Gasteiger partial charge in [-0.1, -0.05) is 31.9 Å². The standard InChI is InChI=1S/C18H22O4/c1-3-4-5-10-21-16-8-6-14-7-9-17(12-15(14)11-16)22-13(2)18(19)20/h6-9,11-13H,3-5,10H2,1-2H3,(H,19,20)/t13-/m1/s1. The van der Waals surface area contributed by atoms with Crippen molar-refractivity contribution in [1.29, 1.82) is 0 Å². The Hall–Kier alpha value is -2.23. The average Bonchev–Trinajstić information content (AvgIpc) is 2.51. The van der Waals surface area contributed by atoms with Crippen molar-refractivity contribution in [2.75, 3.05) is 6.61 Å². The first-order valence-corrected chi connectivity index (χ1v) is 7.66. The van der Waals surface area contributed by atoms with Gasteiger partial charge in [-0.15, -0.1) is 0 Å². The molecule has 0 radical (unpaired) electrons. The third-order valence-corrected chi connectivity index (χ3v) is 3.46. The summed E-state index contributed by atoms with van der Waals surface area (Å²) in [6, 6.07) is 11.4. The summed E-state index contributed by atoms with van der Waals surface area (Å²) in [4.78, 5) is 10.8. The summed E-state index contributed by atoms with van der Waals surface area (Å²) in [5.74, 6) is 0.394. The van der Waals surface area contributed by atoms with Crippen molar-refractivity contribution in [3.05, 3.63) is 36.4 Å². The van der Waals surface area contributed by atoms with E-state index in [1.807, 2.05) is 30.3 Å². The summed E-state index contributed by atoms with van der Waals surface area (Å²) in [6.45, 7) is 4.39. The van der Waals surface area contributed by atoms with Crippen LogP contribution in [0, 0.1) is 0 Å². The van der Waals surface area contributed by atoms with Gasteiger partial charge in [0, 0.05) is 0 Å². The van der Waals surface area contributed by atoms with Crippen molar-refractivity contribution in [3.8, 4) is 11.5 Å². The fourth-order valence-corrected chi connectivity index (χ4v) is 2.16. The second kappa shape index (κ2) is 7.69. The van der Waals surface area contributed by atoms with Crippen LogP contribution in [-0.4, -0.2) is 23.8 Å². The monoisotopic (exact) mass is 302 g/mol. The maximum atomic E-state index is 10.8. The molecule has 0 unspecified atom stereocenters. The van der Waals surface area contributed by atoms with Crippen molar-refractivity contribution in [2.45, 2.75) is 39.2 Å². The molecular weight excluding hydrogens is 280 g/mol. The number of carbonyl (C=O) groups is 1. The highest BCUT2D eigenvalue weighted by Gasteiger charge is 2.12. The third kappa shape index (κ3) is 4.38. The number of hydrogen-bond donors (Lipinski definition) is 1. The van der Waals surface area contributed by atoms with Gasteiger partial charge in [-0.05, 0) is 48.4 Å². The van der Waals surface area contributed by atoms with E-state index in [1.54, 1.807) is 6.07 Å². The lowest BCUT2D eigenvalue weighted by atomic mass is 10.1. The fourth-order valence-electron chi connectivity index (χ4n) is 2.16. The molecule has 0 saturated carbocycles. The van der Waals surface area contributed by atoms with Gasteiger partial charge < -0.3 is 14.6 Å². The van der Waals surface area contributed by atoms with Crippen molar-refractivity contribution in [1.82, 2.24) is 0 Å². The van der Waals surface area contributed by atoms with E-state index in [0.717, 1.165) is 22.9 Å². The first-order valence-electron chi connectivity index (χ1n) is 7.66. The van der Waals surface area contributed by atoms with E-state index in [9.17, 15) is 4.79 Å². The highest BCUT2D eigenvalue weighted by molar-refractivity contribution is 5.85.